The van der Waals surface area contributed by atoms with E-state index in [0.717, 1.165) is 50.8 Å². The van der Waals surface area contributed by atoms with Gasteiger partial charge in [-0.1, -0.05) is 0 Å². The number of rotatable bonds is 5. The molecule has 2 aliphatic heterocycles. The lowest BCUT2D eigenvalue weighted by Crippen LogP contribution is -2.42. The Balaban J connectivity index is 1.49. The van der Waals surface area contributed by atoms with Crippen LogP contribution in [0.1, 0.15) is 12.8 Å². The largest absolute Gasteiger partial charge is 0.377 e. The number of hydrogen-bond donors (Lipinski definition) is 1. The summed E-state index contributed by atoms with van der Waals surface area (Å²) >= 11 is 0. The number of hydrogen-bond acceptors (Lipinski definition) is 4. The van der Waals surface area contributed by atoms with Gasteiger partial charge in [0.2, 0.25) is 0 Å². The summed E-state index contributed by atoms with van der Waals surface area (Å²) in [5.74, 6) is 1.71. The van der Waals surface area contributed by atoms with E-state index in [-0.39, 0.29) is 0 Å². The van der Waals surface area contributed by atoms with Crippen LogP contribution in [0.4, 0.5) is 0 Å². The molecule has 0 bridgehead atoms. The standard InChI is InChI=1S/C11H22N2O2S/c14-16-8-5-13(6-9-16)4-3-12-10-11-2-1-7-15-11/h11-12H,1-10H2. The van der Waals surface area contributed by atoms with Gasteiger partial charge in [0.15, 0.2) is 0 Å². The highest BCUT2D eigenvalue weighted by Crippen LogP contribution is 2.10. The van der Waals surface area contributed by atoms with Crippen LogP contribution in [0, 0.1) is 0 Å². The Morgan fingerprint density at radius 1 is 1.38 bits per heavy atom. The smallest absolute Gasteiger partial charge is 0.0700 e. The molecule has 0 amide bonds. The minimum atomic E-state index is -0.552. The minimum absolute atomic E-state index is 0.439. The normalized spacial score (nSPS) is 28.6. The van der Waals surface area contributed by atoms with Gasteiger partial charge in [-0.2, -0.15) is 0 Å². The van der Waals surface area contributed by atoms with Gasteiger partial charge in [0, 0.05) is 61.6 Å². The SMILES string of the molecule is O=S1CCN(CCNCC2CCCO2)CC1. The molecule has 0 aromatic heterocycles. The minimum Gasteiger partial charge on any atom is -0.377 e. The van der Waals surface area contributed by atoms with Crippen molar-refractivity contribution >= 4 is 10.8 Å². The molecule has 0 aliphatic carbocycles. The van der Waals surface area contributed by atoms with Crippen LogP contribution in [0.15, 0.2) is 0 Å². The van der Waals surface area contributed by atoms with E-state index in [1.807, 2.05) is 0 Å². The summed E-state index contributed by atoms with van der Waals surface area (Å²) in [6.45, 7) is 6.00. The molecule has 0 aromatic carbocycles. The highest BCUT2D eigenvalue weighted by Gasteiger charge is 2.16. The maximum Gasteiger partial charge on any atom is 0.0700 e. The van der Waals surface area contributed by atoms with Crippen LogP contribution >= 0.6 is 0 Å². The first kappa shape index (κ1) is 12.5. The second-order valence-corrected chi connectivity index (χ2v) is 6.23. The van der Waals surface area contributed by atoms with Crippen molar-refractivity contribution in [3.63, 3.8) is 0 Å². The van der Waals surface area contributed by atoms with Crippen molar-refractivity contribution < 1.29 is 8.95 Å². The zero-order chi connectivity index (χ0) is 11.2. The van der Waals surface area contributed by atoms with Crippen molar-refractivity contribution in [2.24, 2.45) is 0 Å². The molecular weight excluding hydrogens is 224 g/mol. The molecule has 2 rings (SSSR count). The second-order valence-electron chi connectivity index (χ2n) is 4.53. The number of nitrogens with one attached hydrogen (secondary N) is 1. The predicted octanol–water partition coefficient (Wildman–Crippen LogP) is -0.181. The highest BCUT2D eigenvalue weighted by atomic mass is 32.2. The molecular formula is C11H22N2O2S. The maximum atomic E-state index is 11.2. The van der Waals surface area contributed by atoms with Gasteiger partial charge in [0.25, 0.3) is 0 Å². The first-order valence-electron chi connectivity index (χ1n) is 6.24. The first-order valence-corrected chi connectivity index (χ1v) is 7.73. The third-order valence-electron chi connectivity index (χ3n) is 3.27. The molecule has 2 fully saturated rings. The van der Waals surface area contributed by atoms with E-state index in [1.165, 1.54) is 12.8 Å². The Morgan fingerprint density at radius 2 is 2.19 bits per heavy atom. The Hall–Kier alpha value is 0.0300. The van der Waals surface area contributed by atoms with Gasteiger partial charge in [-0.15, -0.1) is 0 Å². The number of ether oxygens (including phenoxy) is 1. The van der Waals surface area contributed by atoms with Crippen LogP contribution in [-0.2, 0) is 15.5 Å². The fourth-order valence-electron chi connectivity index (χ4n) is 2.20. The van der Waals surface area contributed by atoms with Crippen LogP contribution in [0.5, 0.6) is 0 Å². The van der Waals surface area contributed by atoms with Crippen molar-refractivity contribution in [1.29, 1.82) is 0 Å². The van der Waals surface area contributed by atoms with Gasteiger partial charge in [0.05, 0.1) is 6.10 Å². The van der Waals surface area contributed by atoms with Crippen molar-refractivity contribution in [2.75, 3.05) is 50.8 Å². The summed E-state index contributed by atoms with van der Waals surface area (Å²) in [6.07, 6.45) is 2.86. The van der Waals surface area contributed by atoms with E-state index in [1.54, 1.807) is 0 Å². The molecule has 94 valence electrons. The van der Waals surface area contributed by atoms with Gasteiger partial charge in [-0.05, 0) is 12.8 Å². The lowest BCUT2D eigenvalue weighted by Gasteiger charge is -2.26. The van der Waals surface area contributed by atoms with E-state index < -0.39 is 10.8 Å². The monoisotopic (exact) mass is 246 g/mol. The molecule has 0 radical (unpaired) electrons. The molecule has 0 aromatic rings. The van der Waals surface area contributed by atoms with Gasteiger partial charge in [0.1, 0.15) is 0 Å². The Morgan fingerprint density at radius 3 is 2.88 bits per heavy atom. The Labute approximate surface area is 100 Å². The summed E-state index contributed by atoms with van der Waals surface area (Å²) in [5, 5.41) is 3.44. The van der Waals surface area contributed by atoms with E-state index in [2.05, 4.69) is 10.2 Å². The molecule has 16 heavy (non-hydrogen) atoms. The quantitative estimate of drug-likeness (QED) is 0.683. The molecule has 1 N–H and O–H groups in total. The molecule has 2 heterocycles. The van der Waals surface area contributed by atoms with Gasteiger partial charge in [-0.3, -0.25) is 4.21 Å². The maximum absolute atomic E-state index is 11.2. The van der Waals surface area contributed by atoms with Crippen molar-refractivity contribution in [3.8, 4) is 0 Å². The zero-order valence-corrected chi connectivity index (χ0v) is 10.6. The summed E-state index contributed by atoms with van der Waals surface area (Å²) < 4.78 is 16.7. The molecule has 2 aliphatic rings. The van der Waals surface area contributed by atoms with Crippen LogP contribution < -0.4 is 5.32 Å². The van der Waals surface area contributed by atoms with Crippen LogP contribution in [0.3, 0.4) is 0 Å². The van der Waals surface area contributed by atoms with E-state index >= 15 is 0 Å². The van der Waals surface area contributed by atoms with Gasteiger partial charge < -0.3 is 15.0 Å². The molecule has 1 atom stereocenters. The molecule has 5 heteroatoms. The second kappa shape index (κ2) is 6.69. The van der Waals surface area contributed by atoms with E-state index in [0.29, 0.717) is 6.10 Å². The topological polar surface area (TPSA) is 41.6 Å². The van der Waals surface area contributed by atoms with Crippen molar-refractivity contribution in [2.45, 2.75) is 18.9 Å². The highest BCUT2D eigenvalue weighted by molar-refractivity contribution is 7.85. The summed E-state index contributed by atoms with van der Waals surface area (Å²) in [5.41, 5.74) is 0. The fraction of sp³-hybridized carbons (Fsp3) is 1.00. The lowest BCUT2D eigenvalue weighted by molar-refractivity contribution is 0.109. The van der Waals surface area contributed by atoms with Crippen LogP contribution in [-0.4, -0.2) is 66.0 Å². The molecule has 4 nitrogen and oxygen atoms in total. The fourth-order valence-corrected chi connectivity index (χ4v) is 3.33. The Bertz CT molecular complexity index is 222. The van der Waals surface area contributed by atoms with Crippen LogP contribution in [0.2, 0.25) is 0 Å². The number of nitrogens with zero attached hydrogens (tertiary/aromatic N) is 1. The lowest BCUT2D eigenvalue weighted by atomic mass is 10.2. The third-order valence-corrected chi connectivity index (χ3v) is 4.55. The van der Waals surface area contributed by atoms with Gasteiger partial charge >= 0.3 is 0 Å². The van der Waals surface area contributed by atoms with Crippen molar-refractivity contribution in [1.82, 2.24) is 10.2 Å². The summed E-state index contributed by atoms with van der Waals surface area (Å²) in [4.78, 5) is 2.39. The molecule has 0 saturated carbocycles. The van der Waals surface area contributed by atoms with E-state index in [9.17, 15) is 4.21 Å². The average Bonchev–Trinajstić information content (AvgIpc) is 2.80. The van der Waals surface area contributed by atoms with Gasteiger partial charge in [-0.25, -0.2) is 0 Å². The molecule has 2 saturated heterocycles. The summed E-state index contributed by atoms with van der Waals surface area (Å²) in [6, 6.07) is 0. The van der Waals surface area contributed by atoms with E-state index in [4.69, 9.17) is 4.74 Å². The van der Waals surface area contributed by atoms with Crippen LogP contribution in [0.25, 0.3) is 0 Å². The molecule has 1 unspecified atom stereocenters. The predicted molar refractivity (Wildman–Crippen MR) is 66.2 cm³/mol. The summed E-state index contributed by atoms with van der Waals surface area (Å²) in [7, 11) is -0.552. The van der Waals surface area contributed by atoms with Crippen molar-refractivity contribution in [3.05, 3.63) is 0 Å². The first-order chi connectivity index (χ1) is 7.84. The molecule has 0 spiro atoms. The zero-order valence-electron chi connectivity index (χ0n) is 9.82. The Kier molecular flexibility index (Phi) is 5.22. The third kappa shape index (κ3) is 4.13. The average molecular weight is 246 g/mol.